The van der Waals surface area contributed by atoms with Crippen LogP contribution in [0.3, 0.4) is 0 Å². The number of carbonyl (C=O) groups excluding carboxylic acids is 1. The van der Waals surface area contributed by atoms with E-state index in [9.17, 15) is 4.79 Å². The van der Waals surface area contributed by atoms with Gasteiger partial charge in [-0.05, 0) is 19.8 Å². The van der Waals surface area contributed by atoms with Gasteiger partial charge in [0.25, 0.3) is 0 Å². The average molecular weight is 199 g/mol. The van der Waals surface area contributed by atoms with Crippen molar-refractivity contribution in [1.29, 1.82) is 0 Å². The van der Waals surface area contributed by atoms with E-state index in [2.05, 4.69) is 5.32 Å². The minimum Gasteiger partial charge on any atom is -0.466 e. The molecule has 0 aromatic rings. The van der Waals surface area contributed by atoms with Crippen molar-refractivity contribution < 1.29 is 14.3 Å². The molecule has 4 heteroatoms. The van der Waals surface area contributed by atoms with Crippen LogP contribution in [0.1, 0.15) is 19.8 Å². The summed E-state index contributed by atoms with van der Waals surface area (Å²) in [5.74, 6) is -0.000463. The van der Waals surface area contributed by atoms with Gasteiger partial charge in [0, 0.05) is 25.3 Å². The fraction of sp³-hybridized carbons (Fsp3) is 0.900. The minimum atomic E-state index is -0.0480. The molecule has 2 aliphatic heterocycles. The molecular weight excluding hydrogens is 182 g/mol. The Morgan fingerprint density at radius 2 is 2.29 bits per heavy atom. The lowest BCUT2D eigenvalue weighted by Crippen LogP contribution is -2.69. The maximum atomic E-state index is 11.6. The highest BCUT2D eigenvalue weighted by Gasteiger charge is 2.51. The van der Waals surface area contributed by atoms with Crippen LogP contribution in [-0.2, 0) is 14.3 Å². The molecule has 80 valence electrons. The van der Waals surface area contributed by atoms with Crippen molar-refractivity contribution in [2.75, 3.05) is 26.4 Å². The Bertz CT molecular complexity index is 223. The summed E-state index contributed by atoms with van der Waals surface area (Å²) in [5, 5.41) is 3.37. The fourth-order valence-electron chi connectivity index (χ4n) is 2.31. The second-order valence-electron chi connectivity index (χ2n) is 3.95. The van der Waals surface area contributed by atoms with Crippen molar-refractivity contribution in [3.8, 4) is 0 Å². The molecule has 14 heavy (non-hydrogen) atoms. The summed E-state index contributed by atoms with van der Waals surface area (Å²) in [5.41, 5.74) is -0.00942. The summed E-state index contributed by atoms with van der Waals surface area (Å²) >= 11 is 0. The van der Waals surface area contributed by atoms with Gasteiger partial charge in [-0.15, -0.1) is 0 Å². The second-order valence-corrected chi connectivity index (χ2v) is 3.95. The normalized spacial score (nSPS) is 29.6. The van der Waals surface area contributed by atoms with Crippen LogP contribution in [0, 0.1) is 5.92 Å². The van der Waals surface area contributed by atoms with Gasteiger partial charge in [0.05, 0.1) is 12.5 Å². The third-order valence-corrected chi connectivity index (χ3v) is 3.28. The molecule has 0 radical (unpaired) electrons. The topological polar surface area (TPSA) is 47.6 Å². The van der Waals surface area contributed by atoms with E-state index in [0.29, 0.717) is 6.61 Å². The summed E-state index contributed by atoms with van der Waals surface area (Å²) in [6.45, 7) is 4.59. The molecule has 0 aliphatic carbocycles. The molecule has 2 rings (SSSR count). The van der Waals surface area contributed by atoms with Gasteiger partial charge in [-0.3, -0.25) is 4.79 Å². The van der Waals surface area contributed by atoms with Crippen LogP contribution in [0.5, 0.6) is 0 Å². The zero-order valence-electron chi connectivity index (χ0n) is 8.54. The first-order chi connectivity index (χ1) is 6.78. The van der Waals surface area contributed by atoms with Crippen molar-refractivity contribution in [2.45, 2.75) is 25.3 Å². The van der Waals surface area contributed by atoms with Gasteiger partial charge in [-0.1, -0.05) is 0 Å². The predicted octanol–water partition coefficient (Wildman–Crippen LogP) is 0.318. The number of hydrogen-bond acceptors (Lipinski definition) is 4. The van der Waals surface area contributed by atoms with Crippen molar-refractivity contribution in [3.05, 3.63) is 0 Å². The molecule has 2 heterocycles. The monoisotopic (exact) mass is 199 g/mol. The number of carbonyl (C=O) groups is 1. The summed E-state index contributed by atoms with van der Waals surface area (Å²) in [6.07, 6.45) is 1.85. The molecule has 2 fully saturated rings. The van der Waals surface area contributed by atoms with Crippen LogP contribution in [0.4, 0.5) is 0 Å². The zero-order valence-corrected chi connectivity index (χ0v) is 8.54. The maximum Gasteiger partial charge on any atom is 0.312 e. The average Bonchev–Trinajstić information content (AvgIpc) is 2.18. The lowest BCUT2D eigenvalue weighted by molar-refractivity contribution is -0.159. The first kappa shape index (κ1) is 9.93. The molecule has 1 spiro atoms. The van der Waals surface area contributed by atoms with E-state index in [0.717, 1.165) is 32.6 Å². The molecular formula is C10H17NO3. The van der Waals surface area contributed by atoms with Crippen LogP contribution in [0.15, 0.2) is 0 Å². The van der Waals surface area contributed by atoms with Crippen molar-refractivity contribution in [3.63, 3.8) is 0 Å². The number of rotatable bonds is 2. The van der Waals surface area contributed by atoms with Crippen LogP contribution < -0.4 is 5.32 Å². The van der Waals surface area contributed by atoms with Gasteiger partial charge in [-0.2, -0.15) is 0 Å². The van der Waals surface area contributed by atoms with Crippen LogP contribution in [0.25, 0.3) is 0 Å². The Morgan fingerprint density at radius 1 is 1.57 bits per heavy atom. The molecule has 1 unspecified atom stereocenters. The minimum absolute atomic E-state index is 0.00942. The van der Waals surface area contributed by atoms with Crippen molar-refractivity contribution in [1.82, 2.24) is 5.32 Å². The van der Waals surface area contributed by atoms with Crippen LogP contribution >= 0.6 is 0 Å². The van der Waals surface area contributed by atoms with Gasteiger partial charge in [0.2, 0.25) is 0 Å². The number of ether oxygens (including phenoxy) is 2. The highest BCUT2D eigenvalue weighted by atomic mass is 16.5. The molecule has 2 aliphatic rings. The number of esters is 1. The van der Waals surface area contributed by atoms with Crippen molar-refractivity contribution in [2.24, 2.45) is 5.92 Å². The molecule has 2 saturated heterocycles. The third-order valence-electron chi connectivity index (χ3n) is 3.28. The highest BCUT2D eigenvalue weighted by Crippen LogP contribution is 2.36. The van der Waals surface area contributed by atoms with Crippen molar-refractivity contribution >= 4 is 5.97 Å². The Hall–Kier alpha value is -0.610. The van der Waals surface area contributed by atoms with Crippen LogP contribution in [0.2, 0.25) is 0 Å². The lowest BCUT2D eigenvalue weighted by atomic mass is 9.71. The first-order valence-corrected chi connectivity index (χ1v) is 5.28. The molecule has 0 aromatic heterocycles. The molecule has 0 amide bonds. The number of nitrogens with one attached hydrogen (secondary N) is 1. The largest absolute Gasteiger partial charge is 0.466 e. The summed E-state index contributed by atoms with van der Waals surface area (Å²) in [7, 11) is 0. The lowest BCUT2D eigenvalue weighted by Gasteiger charge is -2.51. The standard InChI is InChI=1S/C10H17NO3/c1-2-14-9(12)8-7-11-10(8)3-5-13-6-4-10/h8,11H,2-7H2,1H3. The molecule has 0 saturated carbocycles. The second kappa shape index (κ2) is 3.87. The van der Waals surface area contributed by atoms with E-state index < -0.39 is 0 Å². The van der Waals surface area contributed by atoms with Gasteiger partial charge in [-0.25, -0.2) is 0 Å². The highest BCUT2D eigenvalue weighted by molar-refractivity contribution is 5.76. The van der Waals surface area contributed by atoms with Gasteiger partial charge in [0.15, 0.2) is 0 Å². The molecule has 0 aromatic carbocycles. The molecule has 1 N–H and O–H groups in total. The summed E-state index contributed by atoms with van der Waals surface area (Å²) in [4.78, 5) is 11.6. The Labute approximate surface area is 84.0 Å². The SMILES string of the molecule is CCOC(=O)C1CNC12CCOCC2. The first-order valence-electron chi connectivity index (χ1n) is 5.28. The van der Waals surface area contributed by atoms with Gasteiger partial charge in [0.1, 0.15) is 0 Å². The Kier molecular flexibility index (Phi) is 2.74. The Balaban J connectivity index is 1.96. The van der Waals surface area contributed by atoms with E-state index in [-0.39, 0.29) is 17.4 Å². The van der Waals surface area contributed by atoms with E-state index in [4.69, 9.17) is 9.47 Å². The smallest absolute Gasteiger partial charge is 0.312 e. The van der Waals surface area contributed by atoms with Crippen LogP contribution in [-0.4, -0.2) is 37.9 Å². The van der Waals surface area contributed by atoms with Gasteiger partial charge < -0.3 is 14.8 Å². The summed E-state index contributed by atoms with van der Waals surface area (Å²) < 4.78 is 10.4. The van der Waals surface area contributed by atoms with E-state index in [1.807, 2.05) is 6.92 Å². The van der Waals surface area contributed by atoms with E-state index in [1.54, 1.807) is 0 Å². The summed E-state index contributed by atoms with van der Waals surface area (Å²) in [6, 6.07) is 0. The molecule has 1 atom stereocenters. The quantitative estimate of drug-likeness (QED) is 0.651. The zero-order chi connectivity index (χ0) is 10.0. The maximum absolute atomic E-state index is 11.6. The molecule has 4 nitrogen and oxygen atoms in total. The third kappa shape index (κ3) is 1.53. The Morgan fingerprint density at radius 3 is 2.79 bits per heavy atom. The number of hydrogen-bond donors (Lipinski definition) is 1. The van der Waals surface area contributed by atoms with E-state index >= 15 is 0 Å². The predicted molar refractivity (Wildman–Crippen MR) is 50.9 cm³/mol. The van der Waals surface area contributed by atoms with Gasteiger partial charge >= 0.3 is 5.97 Å². The van der Waals surface area contributed by atoms with E-state index in [1.165, 1.54) is 0 Å². The fourth-order valence-corrected chi connectivity index (χ4v) is 2.31. The molecule has 0 bridgehead atoms.